The van der Waals surface area contributed by atoms with Gasteiger partial charge in [0.1, 0.15) is 11.6 Å². The standard InChI is InChI=1S/C14H17F3N2O2.ClH/c1-14(7-18)4-5-19(8-14)12(20)10-3-2-9(15)6-11(10)21-13(16)17;/h2-3,6,13H,4-5,7-8,18H2,1H3;1H. The number of rotatable bonds is 4. The fraction of sp³-hybridized carbons (Fsp3) is 0.500. The molecule has 0 bridgehead atoms. The van der Waals surface area contributed by atoms with Crippen molar-refractivity contribution in [1.29, 1.82) is 0 Å². The van der Waals surface area contributed by atoms with E-state index >= 15 is 0 Å². The van der Waals surface area contributed by atoms with Crippen molar-refractivity contribution in [3.63, 3.8) is 0 Å². The normalized spacial score (nSPS) is 20.9. The summed E-state index contributed by atoms with van der Waals surface area (Å²) in [4.78, 5) is 13.9. The summed E-state index contributed by atoms with van der Waals surface area (Å²) in [5.41, 5.74) is 5.42. The molecule has 2 N–H and O–H groups in total. The van der Waals surface area contributed by atoms with E-state index in [0.29, 0.717) is 19.6 Å². The molecule has 1 fully saturated rings. The number of benzene rings is 1. The second-order valence-electron chi connectivity index (χ2n) is 5.51. The number of hydrogen-bond acceptors (Lipinski definition) is 3. The molecule has 1 aliphatic heterocycles. The summed E-state index contributed by atoms with van der Waals surface area (Å²) in [7, 11) is 0. The van der Waals surface area contributed by atoms with Crippen LogP contribution in [0.15, 0.2) is 18.2 Å². The Hall–Kier alpha value is -1.47. The molecule has 1 aromatic carbocycles. The highest BCUT2D eigenvalue weighted by molar-refractivity contribution is 5.97. The molecule has 2 rings (SSSR count). The van der Waals surface area contributed by atoms with E-state index in [1.807, 2.05) is 6.92 Å². The quantitative estimate of drug-likeness (QED) is 0.918. The maximum absolute atomic E-state index is 13.1. The smallest absolute Gasteiger partial charge is 0.387 e. The van der Waals surface area contributed by atoms with Gasteiger partial charge in [0.2, 0.25) is 0 Å². The summed E-state index contributed by atoms with van der Waals surface area (Å²) in [5, 5.41) is 0. The molecule has 0 aliphatic carbocycles. The Labute approximate surface area is 132 Å². The molecule has 0 radical (unpaired) electrons. The van der Waals surface area contributed by atoms with Crippen molar-refractivity contribution in [1.82, 2.24) is 4.90 Å². The second-order valence-corrected chi connectivity index (χ2v) is 5.51. The zero-order valence-corrected chi connectivity index (χ0v) is 12.8. The highest BCUT2D eigenvalue weighted by Crippen LogP contribution is 2.31. The van der Waals surface area contributed by atoms with Gasteiger partial charge in [-0.25, -0.2) is 4.39 Å². The predicted molar refractivity (Wildman–Crippen MR) is 78.0 cm³/mol. The van der Waals surface area contributed by atoms with Gasteiger partial charge in [-0.3, -0.25) is 4.79 Å². The average Bonchev–Trinajstić information content (AvgIpc) is 2.81. The number of halogens is 4. The molecule has 1 unspecified atom stereocenters. The van der Waals surface area contributed by atoms with Gasteiger partial charge in [0, 0.05) is 19.2 Å². The van der Waals surface area contributed by atoms with E-state index in [9.17, 15) is 18.0 Å². The molecule has 22 heavy (non-hydrogen) atoms. The molecule has 1 saturated heterocycles. The number of hydrogen-bond donors (Lipinski definition) is 1. The number of amides is 1. The minimum absolute atomic E-state index is 0. The van der Waals surface area contributed by atoms with Crippen molar-refractivity contribution < 1.29 is 22.7 Å². The van der Waals surface area contributed by atoms with E-state index in [0.717, 1.165) is 24.6 Å². The van der Waals surface area contributed by atoms with Gasteiger partial charge in [0.05, 0.1) is 5.56 Å². The summed E-state index contributed by atoms with van der Waals surface area (Å²) >= 11 is 0. The Morgan fingerprint density at radius 2 is 2.18 bits per heavy atom. The maximum Gasteiger partial charge on any atom is 0.387 e. The monoisotopic (exact) mass is 338 g/mol. The SMILES string of the molecule is CC1(CN)CCN(C(=O)c2ccc(F)cc2OC(F)F)C1.Cl. The van der Waals surface area contributed by atoms with E-state index in [1.54, 1.807) is 0 Å². The third-order valence-corrected chi connectivity index (χ3v) is 3.73. The summed E-state index contributed by atoms with van der Waals surface area (Å²) in [6.07, 6.45) is 0.738. The van der Waals surface area contributed by atoms with Gasteiger partial charge < -0.3 is 15.4 Å². The number of carbonyl (C=O) groups is 1. The van der Waals surface area contributed by atoms with Crippen LogP contribution in [-0.2, 0) is 0 Å². The van der Waals surface area contributed by atoms with Crippen LogP contribution in [0.3, 0.4) is 0 Å². The molecule has 124 valence electrons. The molecule has 1 heterocycles. The molecule has 4 nitrogen and oxygen atoms in total. The van der Waals surface area contributed by atoms with E-state index in [4.69, 9.17) is 5.73 Å². The largest absolute Gasteiger partial charge is 0.434 e. The molecule has 1 aliphatic rings. The van der Waals surface area contributed by atoms with Gasteiger partial charge >= 0.3 is 6.61 Å². The van der Waals surface area contributed by atoms with E-state index in [2.05, 4.69) is 4.74 Å². The van der Waals surface area contributed by atoms with Crippen LogP contribution in [0.1, 0.15) is 23.7 Å². The molecule has 8 heteroatoms. The van der Waals surface area contributed by atoms with Crippen LogP contribution < -0.4 is 10.5 Å². The van der Waals surface area contributed by atoms with Gasteiger partial charge in [-0.1, -0.05) is 6.92 Å². The third kappa shape index (κ3) is 4.04. The van der Waals surface area contributed by atoms with Crippen LogP contribution in [0.5, 0.6) is 5.75 Å². The lowest BCUT2D eigenvalue weighted by Gasteiger charge is -2.23. The van der Waals surface area contributed by atoms with Crippen LogP contribution in [0.4, 0.5) is 13.2 Å². The van der Waals surface area contributed by atoms with Gasteiger partial charge in [0.15, 0.2) is 0 Å². The van der Waals surface area contributed by atoms with Gasteiger partial charge in [-0.2, -0.15) is 8.78 Å². The summed E-state index contributed by atoms with van der Waals surface area (Å²) in [5.74, 6) is -1.64. The summed E-state index contributed by atoms with van der Waals surface area (Å²) in [6, 6.07) is 2.99. The Morgan fingerprint density at radius 3 is 2.73 bits per heavy atom. The molecular weight excluding hydrogens is 321 g/mol. The second kappa shape index (κ2) is 7.19. The molecule has 1 amide bonds. The Kier molecular flexibility index (Phi) is 6.08. The zero-order valence-electron chi connectivity index (χ0n) is 12.0. The van der Waals surface area contributed by atoms with E-state index < -0.39 is 24.1 Å². The van der Waals surface area contributed by atoms with Crippen molar-refractivity contribution in [3.05, 3.63) is 29.6 Å². The first kappa shape index (κ1) is 18.6. The fourth-order valence-electron chi connectivity index (χ4n) is 2.40. The topological polar surface area (TPSA) is 55.6 Å². The third-order valence-electron chi connectivity index (χ3n) is 3.73. The molecular formula is C14H18ClF3N2O2. The van der Waals surface area contributed by atoms with Crippen LogP contribution in [0.25, 0.3) is 0 Å². The molecule has 0 aromatic heterocycles. The molecule has 1 aromatic rings. The van der Waals surface area contributed by atoms with Gasteiger partial charge in [-0.05, 0) is 30.5 Å². The van der Waals surface area contributed by atoms with E-state index in [1.165, 1.54) is 4.90 Å². The minimum Gasteiger partial charge on any atom is -0.434 e. The number of nitrogens with zero attached hydrogens (tertiary/aromatic N) is 1. The van der Waals surface area contributed by atoms with Crippen molar-refractivity contribution in [2.75, 3.05) is 19.6 Å². The maximum atomic E-state index is 13.1. The Bertz CT molecular complexity index is 545. The summed E-state index contributed by atoms with van der Waals surface area (Å²) < 4.78 is 42.1. The lowest BCUT2D eigenvalue weighted by molar-refractivity contribution is -0.0504. The highest BCUT2D eigenvalue weighted by atomic mass is 35.5. The van der Waals surface area contributed by atoms with Crippen LogP contribution in [0.2, 0.25) is 0 Å². The van der Waals surface area contributed by atoms with Crippen molar-refractivity contribution in [2.45, 2.75) is 20.0 Å². The van der Waals surface area contributed by atoms with Gasteiger partial charge in [0.25, 0.3) is 5.91 Å². The van der Waals surface area contributed by atoms with Gasteiger partial charge in [-0.15, -0.1) is 12.4 Å². The van der Waals surface area contributed by atoms with Crippen LogP contribution in [-0.4, -0.2) is 37.1 Å². The number of alkyl halides is 2. The zero-order chi connectivity index (χ0) is 15.6. The van der Waals surface area contributed by atoms with Crippen LogP contribution >= 0.6 is 12.4 Å². The minimum atomic E-state index is -3.12. The lowest BCUT2D eigenvalue weighted by Crippen LogP contribution is -2.34. The molecule has 0 saturated carbocycles. The first-order valence-electron chi connectivity index (χ1n) is 6.58. The average molecular weight is 339 g/mol. The molecule has 0 spiro atoms. The Balaban J connectivity index is 0.00000242. The number of ether oxygens (including phenoxy) is 1. The van der Waals surface area contributed by atoms with Crippen molar-refractivity contribution in [3.8, 4) is 5.75 Å². The number of likely N-dealkylation sites (tertiary alicyclic amines) is 1. The fourth-order valence-corrected chi connectivity index (χ4v) is 2.40. The highest BCUT2D eigenvalue weighted by Gasteiger charge is 2.36. The number of nitrogens with two attached hydrogens (primary N) is 1. The van der Waals surface area contributed by atoms with E-state index in [-0.39, 0.29) is 23.4 Å². The van der Waals surface area contributed by atoms with Crippen molar-refractivity contribution >= 4 is 18.3 Å². The van der Waals surface area contributed by atoms with Crippen molar-refractivity contribution in [2.24, 2.45) is 11.1 Å². The lowest BCUT2D eigenvalue weighted by atomic mass is 9.90. The first-order chi connectivity index (χ1) is 9.84. The number of carbonyl (C=O) groups excluding carboxylic acids is 1. The first-order valence-corrected chi connectivity index (χ1v) is 6.58. The predicted octanol–water partition coefficient (Wildman–Crippen LogP) is 2.66. The summed E-state index contributed by atoms with van der Waals surface area (Å²) in [6.45, 7) is 0.194. The van der Waals surface area contributed by atoms with Crippen LogP contribution in [0, 0.1) is 11.2 Å². The molecule has 1 atom stereocenters. The Morgan fingerprint density at radius 1 is 1.50 bits per heavy atom.